The van der Waals surface area contributed by atoms with Crippen LogP contribution in [0.25, 0.3) is 0 Å². The Bertz CT molecular complexity index is 614. The Morgan fingerprint density at radius 1 is 1.20 bits per heavy atom. The van der Waals surface area contributed by atoms with Gasteiger partial charge >= 0.3 is 6.18 Å². The van der Waals surface area contributed by atoms with Gasteiger partial charge in [-0.1, -0.05) is 24.3 Å². The van der Waals surface area contributed by atoms with Gasteiger partial charge in [0.1, 0.15) is 5.82 Å². The fourth-order valence-electron chi connectivity index (χ4n) is 1.65. The minimum absolute atomic E-state index is 0.0422. The molecule has 20 heavy (non-hydrogen) atoms. The highest BCUT2D eigenvalue weighted by Crippen LogP contribution is 2.29. The minimum atomic E-state index is -4.55. The smallest absolute Gasteiger partial charge is 0.366 e. The van der Waals surface area contributed by atoms with E-state index in [0.29, 0.717) is 6.54 Å². The maximum absolute atomic E-state index is 12.6. The fourth-order valence-corrected chi connectivity index (χ4v) is 1.83. The van der Waals surface area contributed by atoms with Crippen molar-refractivity contribution in [2.75, 3.05) is 5.32 Å². The molecule has 0 fully saturated rings. The summed E-state index contributed by atoms with van der Waals surface area (Å²) in [4.78, 5) is 6.90. The third-order valence-corrected chi connectivity index (χ3v) is 2.88. The zero-order valence-corrected chi connectivity index (χ0v) is 11.3. The van der Waals surface area contributed by atoms with E-state index in [4.69, 9.17) is 11.6 Å². The van der Waals surface area contributed by atoms with Gasteiger partial charge in [-0.2, -0.15) is 13.2 Å². The molecule has 0 saturated heterocycles. The normalized spacial score (nSPS) is 11.4. The maximum atomic E-state index is 12.6. The van der Waals surface area contributed by atoms with Crippen LogP contribution in [0.5, 0.6) is 0 Å². The molecule has 0 amide bonds. The summed E-state index contributed by atoms with van der Waals surface area (Å²) in [5, 5.41) is 2.38. The Kier molecular flexibility index (Phi) is 4.13. The van der Waals surface area contributed by atoms with E-state index in [1.807, 2.05) is 31.2 Å². The fraction of sp³-hybridized carbons (Fsp3) is 0.231. The molecule has 2 aromatic rings. The van der Waals surface area contributed by atoms with Crippen molar-refractivity contribution in [1.82, 2.24) is 9.97 Å². The number of hydrogen-bond acceptors (Lipinski definition) is 3. The van der Waals surface area contributed by atoms with Crippen LogP contribution >= 0.6 is 11.6 Å². The SMILES string of the molecule is Cc1ccccc1CNc1cc(C(F)(F)F)nc(Cl)n1. The standard InChI is InChI=1S/C13H11ClF3N3/c1-8-4-2-3-5-9(8)7-18-11-6-10(13(15,16)17)19-12(14)20-11/h2-6H,7H2,1H3,(H,18,19,20). The lowest BCUT2D eigenvalue weighted by molar-refractivity contribution is -0.141. The van der Waals surface area contributed by atoms with Crippen molar-refractivity contribution in [3.8, 4) is 0 Å². The summed E-state index contributed by atoms with van der Waals surface area (Å²) in [5.74, 6) is 0.0422. The van der Waals surface area contributed by atoms with Gasteiger partial charge in [0.25, 0.3) is 0 Å². The molecule has 106 valence electrons. The summed E-state index contributed by atoms with van der Waals surface area (Å²) in [6, 6.07) is 8.39. The van der Waals surface area contributed by atoms with Crippen LogP contribution in [0.15, 0.2) is 30.3 Å². The largest absolute Gasteiger partial charge is 0.433 e. The number of rotatable bonds is 3. The van der Waals surface area contributed by atoms with E-state index in [0.717, 1.165) is 17.2 Å². The molecule has 0 atom stereocenters. The van der Waals surface area contributed by atoms with E-state index in [9.17, 15) is 13.2 Å². The number of alkyl halides is 3. The molecule has 0 saturated carbocycles. The van der Waals surface area contributed by atoms with E-state index in [1.54, 1.807) is 0 Å². The van der Waals surface area contributed by atoms with E-state index >= 15 is 0 Å². The summed E-state index contributed by atoms with van der Waals surface area (Å²) in [5.41, 5.74) is 0.941. The van der Waals surface area contributed by atoms with Crippen molar-refractivity contribution in [3.05, 3.63) is 52.4 Å². The van der Waals surface area contributed by atoms with E-state index in [2.05, 4.69) is 15.3 Å². The summed E-state index contributed by atoms with van der Waals surface area (Å²) in [6.45, 7) is 2.28. The quantitative estimate of drug-likeness (QED) is 0.868. The molecular formula is C13H11ClF3N3. The van der Waals surface area contributed by atoms with Crippen molar-refractivity contribution in [3.63, 3.8) is 0 Å². The number of aromatic nitrogens is 2. The van der Waals surface area contributed by atoms with Gasteiger partial charge in [0.05, 0.1) is 0 Å². The van der Waals surface area contributed by atoms with Crippen molar-refractivity contribution in [2.24, 2.45) is 0 Å². The van der Waals surface area contributed by atoms with Gasteiger partial charge in [-0.05, 0) is 29.7 Å². The predicted molar refractivity (Wildman–Crippen MR) is 70.5 cm³/mol. The zero-order valence-electron chi connectivity index (χ0n) is 10.5. The Labute approximate surface area is 118 Å². The Balaban J connectivity index is 2.18. The number of benzene rings is 1. The highest BCUT2D eigenvalue weighted by atomic mass is 35.5. The number of hydrogen-bond donors (Lipinski definition) is 1. The number of anilines is 1. The van der Waals surface area contributed by atoms with Crippen LogP contribution in [0.2, 0.25) is 5.28 Å². The first kappa shape index (κ1) is 14.6. The van der Waals surface area contributed by atoms with Gasteiger partial charge < -0.3 is 5.32 Å². The van der Waals surface area contributed by atoms with Gasteiger partial charge in [0, 0.05) is 12.6 Å². The van der Waals surface area contributed by atoms with Gasteiger partial charge in [-0.3, -0.25) is 0 Å². The topological polar surface area (TPSA) is 37.8 Å². The molecule has 0 unspecified atom stereocenters. The minimum Gasteiger partial charge on any atom is -0.366 e. The Morgan fingerprint density at radius 3 is 2.55 bits per heavy atom. The van der Waals surface area contributed by atoms with Crippen molar-refractivity contribution in [2.45, 2.75) is 19.6 Å². The molecule has 0 aliphatic heterocycles. The summed E-state index contributed by atoms with van der Waals surface area (Å²) in [7, 11) is 0. The van der Waals surface area contributed by atoms with Gasteiger partial charge in [0.2, 0.25) is 5.28 Å². The van der Waals surface area contributed by atoms with E-state index in [1.165, 1.54) is 0 Å². The lowest BCUT2D eigenvalue weighted by atomic mass is 10.1. The number of aryl methyl sites for hydroxylation is 1. The first-order valence-electron chi connectivity index (χ1n) is 5.76. The zero-order chi connectivity index (χ0) is 14.8. The number of halogens is 4. The van der Waals surface area contributed by atoms with Gasteiger partial charge in [-0.15, -0.1) is 0 Å². The van der Waals surface area contributed by atoms with Crippen LogP contribution < -0.4 is 5.32 Å². The van der Waals surface area contributed by atoms with Crippen molar-refractivity contribution < 1.29 is 13.2 Å². The summed E-state index contributed by atoms with van der Waals surface area (Å²) in [6.07, 6.45) is -4.55. The molecule has 1 heterocycles. The molecule has 1 aromatic heterocycles. The second-order valence-corrected chi connectivity index (χ2v) is 4.52. The van der Waals surface area contributed by atoms with E-state index < -0.39 is 17.2 Å². The Morgan fingerprint density at radius 2 is 1.90 bits per heavy atom. The van der Waals surface area contributed by atoms with Crippen LogP contribution in [0, 0.1) is 6.92 Å². The first-order valence-corrected chi connectivity index (χ1v) is 6.14. The summed E-state index contributed by atoms with van der Waals surface area (Å²) >= 11 is 5.51. The molecule has 1 aromatic carbocycles. The third-order valence-electron chi connectivity index (χ3n) is 2.71. The van der Waals surface area contributed by atoms with Crippen molar-refractivity contribution in [1.29, 1.82) is 0 Å². The lowest BCUT2D eigenvalue weighted by Gasteiger charge is -2.11. The Hall–Kier alpha value is -1.82. The molecule has 7 heteroatoms. The van der Waals surface area contributed by atoms with Crippen LogP contribution in [0.1, 0.15) is 16.8 Å². The molecular weight excluding hydrogens is 291 g/mol. The number of nitrogens with zero attached hydrogens (tertiary/aromatic N) is 2. The maximum Gasteiger partial charge on any atom is 0.433 e. The molecule has 2 rings (SSSR count). The lowest BCUT2D eigenvalue weighted by Crippen LogP contribution is -2.11. The third kappa shape index (κ3) is 3.60. The molecule has 1 N–H and O–H groups in total. The summed E-state index contributed by atoms with van der Waals surface area (Å²) < 4.78 is 37.8. The molecule has 0 aliphatic carbocycles. The van der Waals surface area contributed by atoms with E-state index in [-0.39, 0.29) is 5.82 Å². The molecule has 0 bridgehead atoms. The van der Waals surface area contributed by atoms with Gasteiger partial charge in [0.15, 0.2) is 5.69 Å². The second-order valence-electron chi connectivity index (χ2n) is 4.19. The van der Waals surface area contributed by atoms with Crippen molar-refractivity contribution >= 4 is 17.4 Å². The average Bonchev–Trinajstić information content (AvgIpc) is 2.36. The average molecular weight is 302 g/mol. The molecule has 0 spiro atoms. The second kappa shape index (κ2) is 5.66. The van der Waals surface area contributed by atoms with Crippen LogP contribution in [-0.4, -0.2) is 9.97 Å². The highest BCUT2D eigenvalue weighted by molar-refractivity contribution is 6.28. The van der Waals surface area contributed by atoms with Crippen LogP contribution in [-0.2, 0) is 12.7 Å². The molecule has 3 nitrogen and oxygen atoms in total. The first-order chi connectivity index (χ1) is 9.36. The van der Waals surface area contributed by atoms with Crippen LogP contribution in [0.3, 0.4) is 0 Å². The highest BCUT2D eigenvalue weighted by Gasteiger charge is 2.33. The molecule has 0 aliphatic rings. The molecule has 0 radical (unpaired) electrons. The predicted octanol–water partition coefficient (Wildman–Crippen LogP) is 4.07. The number of nitrogens with one attached hydrogen (secondary N) is 1. The van der Waals surface area contributed by atoms with Crippen LogP contribution in [0.4, 0.5) is 19.0 Å². The monoisotopic (exact) mass is 301 g/mol. The van der Waals surface area contributed by atoms with Gasteiger partial charge in [-0.25, -0.2) is 9.97 Å².